The van der Waals surface area contributed by atoms with Gasteiger partial charge in [-0.05, 0) is 25.1 Å². The van der Waals surface area contributed by atoms with Crippen LogP contribution in [0.25, 0.3) is 0 Å². The molecule has 1 aliphatic rings. The summed E-state index contributed by atoms with van der Waals surface area (Å²) in [6, 6.07) is 2.36. The van der Waals surface area contributed by atoms with Crippen molar-refractivity contribution >= 4 is 5.91 Å². The van der Waals surface area contributed by atoms with Crippen molar-refractivity contribution in [2.45, 2.75) is 18.9 Å². The monoisotopic (exact) mass is 250 g/mol. The zero-order valence-electron chi connectivity index (χ0n) is 10.9. The summed E-state index contributed by atoms with van der Waals surface area (Å²) in [7, 11) is 2.08. The summed E-state index contributed by atoms with van der Waals surface area (Å²) in [5.41, 5.74) is 1.23. The Morgan fingerprint density at radius 1 is 1.61 bits per heavy atom. The Hall–Kier alpha value is -1.33. The highest BCUT2D eigenvalue weighted by molar-refractivity contribution is 5.76. The van der Waals surface area contributed by atoms with Crippen molar-refractivity contribution in [1.82, 2.24) is 20.5 Å². The molecule has 1 atom stereocenters. The van der Waals surface area contributed by atoms with Gasteiger partial charge in [-0.3, -0.25) is 4.79 Å². The van der Waals surface area contributed by atoms with E-state index in [4.69, 9.17) is 0 Å². The smallest absolute Gasteiger partial charge is 0.221 e. The molecule has 0 aromatic carbocycles. The number of aromatic nitrogens is 1. The number of nitrogens with zero attached hydrogens (tertiary/aromatic N) is 1. The molecular formula is C13H22N4O. The van der Waals surface area contributed by atoms with Gasteiger partial charge in [0.15, 0.2) is 0 Å². The van der Waals surface area contributed by atoms with Crippen LogP contribution in [0.15, 0.2) is 18.5 Å². The Labute approximate surface area is 108 Å². The predicted octanol–water partition coefficient (Wildman–Crippen LogP) is -0.0329. The van der Waals surface area contributed by atoms with Gasteiger partial charge < -0.3 is 20.5 Å². The van der Waals surface area contributed by atoms with Crippen LogP contribution in [0.3, 0.4) is 0 Å². The van der Waals surface area contributed by atoms with Crippen LogP contribution >= 0.6 is 0 Å². The number of nitrogens with one attached hydrogen (secondary N) is 3. The van der Waals surface area contributed by atoms with E-state index < -0.39 is 0 Å². The van der Waals surface area contributed by atoms with Crippen LogP contribution < -0.4 is 10.6 Å². The average molecular weight is 250 g/mol. The molecule has 1 aromatic heterocycles. The summed E-state index contributed by atoms with van der Waals surface area (Å²) in [6.07, 6.45) is 5.33. The molecule has 100 valence electrons. The second kappa shape index (κ2) is 6.56. The Morgan fingerprint density at radius 3 is 3.22 bits per heavy atom. The lowest BCUT2D eigenvalue weighted by Crippen LogP contribution is -2.51. The van der Waals surface area contributed by atoms with Crippen molar-refractivity contribution < 1.29 is 4.79 Å². The highest BCUT2D eigenvalue weighted by Gasteiger charge is 2.20. The molecule has 1 aliphatic heterocycles. The summed E-state index contributed by atoms with van der Waals surface area (Å²) in [6.45, 7) is 3.64. The fourth-order valence-corrected chi connectivity index (χ4v) is 2.24. The van der Waals surface area contributed by atoms with Crippen LogP contribution in [0.5, 0.6) is 0 Å². The van der Waals surface area contributed by atoms with Crippen LogP contribution in [-0.4, -0.2) is 55.1 Å². The van der Waals surface area contributed by atoms with Crippen molar-refractivity contribution in [3.63, 3.8) is 0 Å². The third kappa shape index (κ3) is 3.85. The lowest BCUT2D eigenvalue weighted by molar-refractivity contribution is -0.122. The van der Waals surface area contributed by atoms with Crippen LogP contribution in [-0.2, 0) is 11.2 Å². The fourth-order valence-electron chi connectivity index (χ4n) is 2.24. The largest absolute Gasteiger partial charge is 0.367 e. The third-order valence-corrected chi connectivity index (χ3v) is 3.46. The minimum atomic E-state index is 0.145. The summed E-state index contributed by atoms with van der Waals surface area (Å²) in [5, 5.41) is 6.30. The first-order valence-electron chi connectivity index (χ1n) is 6.55. The molecule has 1 unspecified atom stereocenters. The van der Waals surface area contributed by atoms with Crippen LogP contribution in [0.1, 0.15) is 12.0 Å². The molecule has 1 fully saturated rings. The minimum absolute atomic E-state index is 0.145. The summed E-state index contributed by atoms with van der Waals surface area (Å²) in [5.74, 6) is 0.145. The van der Waals surface area contributed by atoms with E-state index >= 15 is 0 Å². The standard InChI is InChI=1S/C13H22N4O/c1-17-7-6-15-10-12(17)8-13(18)16-5-3-11-2-4-14-9-11/h2,4,9,12,14-15H,3,5-8,10H2,1H3,(H,16,18). The van der Waals surface area contributed by atoms with Gasteiger partial charge in [0.2, 0.25) is 5.91 Å². The summed E-state index contributed by atoms with van der Waals surface area (Å²) in [4.78, 5) is 17.1. The minimum Gasteiger partial charge on any atom is -0.367 e. The number of piperazine rings is 1. The molecule has 5 heteroatoms. The molecule has 0 bridgehead atoms. The molecule has 1 aromatic rings. The van der Waals surface area contributed by atoms with Gasteiger partial charge in [-0.25, -0.2) is 0 Å². The van der Waals surface area contributed by atoms with E-state index in [-0.39, 0.29) is 5.91 Å². The zero-order valence-corrected chi connectivity index (χ0v) is 10.9. The maximum Gasteiger partial charge on any atom is 0.221 e. The van der Waals surface area contributed by atoms with E-state index in [9.17, 15) is 4.79 Å². The predicted molar refractivity (Wildman–Crippen MR) is 71.4 cm³/mol. The van der Waals surface area contributed by atoms with Gasteiger partial charge in [0.25, 0.3) is 0 Å². The Kier molecular flexibility index (Phi) is 4.78. The summed E-state index contributed by atoms with van der Waals surface area (Å²) >= 11 is 0. The molecule has 1 saturated heterocycles. The highest BCUT2D eigenvalue weighted by atomic mass is 16.1. The van der Waals surface area contributed by atoms with Crippen LogP contribution in [0.4, 0.5) is 0 Å². The molecule has 0 aliphatic carbocycles. The number of H-pyrrole nitrogens is 1. The van der Waals surface area contributed by atoms with Crippen molar-refractivity contribution in [2.75, 3.05) is 33.2 Å². The maximum atomic E-state index is 11.8. The van der Waals surface area contributed by atoms with Gasteiger partial charge in [-0.2, -0.15) is 0 Å². The number of hydrogen-bond acceptors (Lipinski definition) is 3. The highest BCUT2D eigenvalue weighted by Crippen LogP contribution is 2.04. The van der Waals surface area contributed by atoms with E-state index in [0.29, 0.717) is 19.0 Å². The number of amides is 1. The molecule has 0 spiro atoms. The van der Waals surface area contributed by atoms with Crippen molar-refractivity contribution in [3.05, 3.63) is 24.0 Å². The molecule has 2 rings (SSSR count). The molecule has 0 radical (unpaired) electrons. The van der Waals surface area contributed by atoms with Crippen molar-refractivity contribution in [3.8, 4) is 0 Å². The van der Waals surface area contributed by atoms with Crippen LogP contribution in [0.2, 0.25) is 0 Å². The van der Waals surface area contributed by atoms with Crippen molar-refractivity contribution in [2.24, 2.45) is 0 Å². The molecule has 5 nitrogen and oxygen atoms in total. The second-order valence-corrected chi connectivity index (χ2v) is 4.86. The van der Waals surface area contributed by atoms with E-state index in [1.165, 1.54) is 5.56 Å². The Balaban J connectivity index is 1.65. The van der Waals surface area contributed by atoms with Crippen LogP contribution in [0, 0.1) is 0 Å². The summed E-state index contributed by atoms with van der Waals surface area (Å²) < 4.78 is 0. The fraction of sp³-hybridized carbons (Fsp3) is 0.615. The van der Waals surface area contributed by atoms with Gasteiger partial charge in [0.05, 0.1) is 0 Å². The lowest BCUT2D eigenvalue weighted by Gasteiger charge is -2.32. The number of likely N-dealkylation sites (N-methyl/N-ethyl adjacent to an activating group) is 1. The SMILES string of the molecule is CN1CCNCC1CC(=O)NCCc1cc[nH]c1. The topological polar surface area (TPSA) is 60.2 Å². The number of carbonyl (C=O) groups excluding carboxylic acids is 1. The van der Waals surface area contributed by atoms with Gasteiger partial charge in [0.1, 0.15) is 0 Å². The van der Waals surface area contributed by atoms with Gasteiger partial charge in [-0.15, -0.1) is 0 Å². The zero-order chi connectivity index (χ0) is 12.8. The van der Waals surface area contributed by atoms with E-state index in [2.05, 4.69) is 27.6 Å². The lowest BCUT2D eigenvalue weighted by atomic mass is 10.1. The third-order valence-electron chi connectivity index (χ3n) is 3.46. The molecular weight excluding hydrogens is 228 g/mol. The molecule has 1 amide bonds. The van der Waals surface area contributed by atoms with E-state index in [1.807, 2.05) is 18.5 Å². The number of rotatable bonds is 5. The first kappa shape index (κ1) is 13.1. The molecule has 18 heavy (non-hydrogen) atoms. The van der Waals surface area contributed by atoms with Crippen molar-refractivity contribution in [1.29, 1.82) is 0 Å². The second-order valence-electron chi connectivity index (χ2n) is 4.86. The van der Waals surface area contributed by atoms with Gasteiger partial charge in [0, 0.05) is 51.0 Å². The first-order chi connectivity index (χ1) is 8.75. The normalized spacial score (nSPS) is 20.8. The number of hydrogen-bond donors (Lipinski definition) is 3. The maximum absolute atomic E-state index is 11.8. The van der Waals surface area contributed by atoms with Gasteiger partial charge in [-0.1, -0.05) is 0 Å². The number of carbonyl (C=O) groups is 1. The first-order valence-corrected chi connectivity index (χ1v) is 6.55. The Bertz CT molecular complexity index is 363. The molecule has 0 saturated carbocycles. The Morgan fingerprint density at radius 2 is 2.50 bits per heavy atom. The molecule has 2 heterocycles. The van der Waals surface area contributed by atoms with E-state index in [1.54, 1.807) is 0 Å². The van der Waals surface area contributed by atoms with Gasteiger partial charge >= 0.3 is 0 Å². The quantitative estimate of drug-likeness (QED) is 0.687. The van der Waals surface area contributed by atoms with E-state index in [0.717, 1.165) is 26.1 Å². The number of aromatic amines is 1. The molecule has 3 N–H and O–H groups in total. The average Bonchev–Trinajstić information content (AvgIpc) is 2.85.